The van der Waals surface area contributed by atoms with Crippen molar-refractivity contribution in [3.63, 3.8) is 0 Å². The molecule has 7 rings (SSSR count). The number of carbonyl (C=O) groups is 3. The van der Waals surface area contributed by atoms with E-state index in [-0.39, 0.29) is 49.4 Å². The van der Waals surface area contributed by atoms with Crippen molar-refractivity contribution in [2.75, 3.05) is 19.4 Å². The maximum atomic E-state index is 15.3. The Labute approximate surface area is 378 Å². The highest BCUT2D eigenvalue weighted by Crippen LogP contribution is 2.47. The minimum Gasteiger partial charge on any atom is -0.496 e. The zero-order valence-electron chi connectivity index (χ0n) is 37.0. The monoisotopic (exact) mass is 944 g/mol. The number of hydrogen-bond acceptors (Lipinski definition) is 12. The van der Waals surface area contributed by atoms with E-state index in [4.69, 9.17) is 25.2 Å². The van der Waals surface area contributed by atoms with Crippen LogP contribution in [0.25, 0.3) is 21.6 Å². The molecule has 20 heteroatoms. The van der Waals surface area contributed by atoms with E-state index in [1.54, 1.807) is 39.2 Å². The van der Waals surface area contributed by atoms with Gasteiger partial charge in [-0.1, -0.05) is 33.8 Å². The van der Waals surface area contributed by atoms with Crippen molar-refractivity contribution in [2.45, 2.75) is 115 Å². The number of alkyl halides is 3. The molecule has 350 valence electrons. The molecule has 0 spiro atoms. The number of carbonyl (C=O) groups excluding carboxylic acids is 3. The first-order valence-electron chi connectivity index (χ1n) is 21.0. The number of anilines is 1. The number of fused-ring (bicyclic) bond motifs is 1. The number of rotatable bonds is 16. The van der Waals surface area contributed by atoms with Gasteiger partial charge in [-0.05, 0) is 63.0 Å². The van der Waals surface area contributed by atoms with Crippen LogP contribution in [0, 0.1) is 24.1 Å². The van der Waals surface area contributed by atoms with E-state index in [0.717, 1.165) is 17.3 Å². The number of hydrogen-bond donors (Lipinski definition) is 3. The molecule has 2 aromatic heterocycles. The van der Waals surface area contributed by atoms with Gasteiger partial charge in [0.15, 0.2) is 0 Å². The van der Waals surface area contributed by atoms with Crippen LogP contribution in [0.5, 0.6) is 17.2 Å². The number of pyridine rings is 1. The second kappa shape index (κ2) is 17.1. The summed E-state index contributed by atoms with van der Waals surface area (Å²) in [6.07, 6.45) is -4.15. The molecule has 3 fully saturated rings. The lowest BCUT2D eigenvalue weighted by Crippen LogP contribution is -2.57. The number of amides is 3. The predicted octanol–water partition coefficient (Wildman–Crippen LogP) is 7.49. The Kier molecular flexibility index (Phi) is 12.5. The molecule has 0 radical (unpaired) electrons. The van der Waals surface area contributed by atoms with E-state index in [0.29, 0.717) is 52.0 Å². The quantitative estimate of drug-likeness (QED) is 0.0573. The number of likely N-dealkylation sites (tertiary alicyclic amines) is 1. The molecule has 1 saturated heterocycles. The topological polar surface area (TPSA) is 192 Å². The second-order valence-corrected chi connectivity index (χ2v) is 21.5. The number of aromatic nitrogens is 2. The summed E-state index contributed by atoms with van der Waals surface area (Å²) in [6, 6.07) is 5.52. The van der Waals surface area contributed by atoms with Crippen LogP contribution >= 0.6 is 11.3 Å². The Morgan fingerprint density at radius 2 is 1.83 bits per heavy atom. The fraction of sp³-hybridized carbons (Fsp3) is 0.489. The Hall–Kier alpha value is -5.50. The number of sulfonamides is 1. The number of halogens is 4. The zero-order chi connectivity index (χ0) is 47.6. The molecule has 1 aliphatic heterocycles. The first-order valence-corrected chi connectivity index (χ1v) is 23.4. The number of thiazole rings is 1. The number of ether oxygens (including phenoxy) is 3. The van der Waals surface area contributed by atoms with Crippen LogP contribution in [0.4, 0.5) is 23.2 Å². The lowest BCUT2D eigenvalue weighted by Gasteiger charge is -2.31. The molecule has 2 aliphatic carbocycles. The third-order valence-corrected chi connectivity index (χ3v) is 15.5. The number of nitrogen functional groups attached to an aromatic ring is 1. The van der Waals surface area contributed by atoms with E-state index < -0.39 is 79.4 Å². The lowest BCUT2D eigenvalue weighted by atomic mass is 9.81. The van der Waals surface area contributed by atoms with Crippen LogP contribution in [0.1, 0.15) is 89.5 Å². The number of methoxy groups -OCH3 is 1. The summed E-state index contributed by atoms with van der Waals surface area (Å²) in [5.74, 6) is -3.56. The smallest absolute Gasteiger partial charge is 0.496 e. The Morgan fingerprint density at radius 3 is 2.42 bits per heavy atom. The van der Waals surface area contributed by atoms with Crippen LogP contribution in [-0.2, 0) is 30.8 Å². The van der Waals surface area contributed by atoms with Gasteiger partial charge in [0.2, 0.25) is 21.8 Å². The second-order valence-electron chi connectivity index (χ2n) is 18.5. The van der Waals surface area contributed by atoms with Crippen molar-refractivity contribution in [3.8, 4) is 28.0 Å². The van der Waals surface area contributed by atoms with Gasteiger partial charge >= 0.3 is 6.36 Å². The average molecular weight is 945 g/mol. The molecular weight excluding hydrogens is 893 g/mol. The van der Waals surface area contributed by atoms with Gasteiger partial charge in [0.05, 0.1) is 29.6 Å². The van der Waals surface area contributed by atoms with Crippen molar-refractivity contribution < 1.29 is 54.6 Å². The standard InChI is InChI=1S/C45H52F4N6O8S2/c1-9-25-18-44(25,41(58)54-65(59,60)43(7)12-13-43)53-39(57)34-16-27(21-55(34)37(56)20-42(5,6)19-29-30(46)14-26(15-31(29)50)63-45(47,48)49)62-36-17-32(40-52-33(22-64-40)23(2)3)51-38-24(4)35(61-8)11-10-28(36)38/h9-11,14-15,17,22-23,25,27,34H,1,12-13,16,18-21,50H2,2-8H3,(H,53,57)(H,54,58)/t25-,27?,34+,44-/m1/s1. The minimum atomic E-state index is -5.08. The zero-order valence-corrected chi connectivity index (χ0v) is 38.7. The van der Waals surface area contributed by atoms with E-state index >= 15 is 4.39 Å². The van der Waals surface area contributed by atoms with Gasteiger partial charge in [-0.25, -0.2) is 22.8 Å². The number of nitrogens with one attached hydrogen (secondary N) is 2. The van der Waals surface area contributed by atoms with Crippen molar-refractivity contribution in [2.24, 2.45) is 11.3 Å². The van der Waals surface area contributed by atoms with Gasteiger partial charge in [0, 0.05) is 64.5 Å². The van der Waals surface area contributed by atoms with Crippen LogP contribution in [0.2, 0.25) is 0 Å². The summed E-state index contributed by atoms with van der Waals surface area (Å²) in [4.78, 5) is 53.9. The largest absolute Gasteiger partial charge is 0.573 e. The van der Waals surface area contributed by atoms with Crippen molar-refractivity contribution >= 4 is 55.7 Å². The van der Waals surface area contributed by atoms with E-state index in [1.165, 1.54) is 29.2 Å². The molecule has 14 nitrogen and oxygen atoms in total. The van der Waals surface area contributed by atoms with Crippen molar-refractivity contribution in [1.29, 1.82) is 0 Å². The fourth-order valence-electron chi connectivity index (χ4n) is 8.24. The van der Waals surface area contributed by atoms with Crippen LogP contribution in [0.3, 0.4) is 0 Å². The normalized spacial score (nSPS) is 21.5. The summed E-state index contributed by atoms with van der Waals surface area (Å²) in [7, 11) is -2.53. The minimum absolute atomic E-state index is 0.0594. The van der Waals surface area contributed by atoms with Crippen LogP contribution < -0.4 is 30.0 Å². The number of nitrogens with zero attached hydrogens (tertiary/aromatic N) is 3. The van der Waals surface area contributed by atoms with Gasteiger partial charge < -0.3 is 30.2 Å². The maximum Gasteiger partial charge on any atom is 0.573 e. The highest BCUT2D eigenvalue weighted by atomic mass is 32.2. The van der Waals surface area contributed by atoms with Gasteiger partial charge in [-0.2, -0.15) is 0 Å². The first kappa shape index (κ1) is 47.5. The Bertz CT molecular complexity index is 2660. The predicted molar refractivity (Wildman–Crippen MR) is 236 cm³/mol. The van der Waals surface area contributed by atoms with Crippen LogP contribution in [0.15, 0.2) is 48.4 Å². The lowest BCUT2D eigenvalue weighted by molar-refractivity contribution is -0.274. The molecule has 4 N–H and O–H groups in total. The molecule has 0 bridgehead atoms. The molecular formula is C45H52F4N6O8S2. The highest BCUT2D eigenvalue weighted by molar-refractivity contribution is 7.91. The molecule has 3 heterocycles. The summed E-state index contributed by atoms with van der Waals surface area (Å²) in [5.41, 5.74) is 5.57. The first-order chi connectivity index (χ1) is 30.3. The number of nitrogens with two attached hydrogens (primary N) is 1. The average Bonchev–Trinajstić information content (AvgIpc) is 3.99. The Balaban J connectivity index is 1.20. The van der Waals surface area contributed by atoms with Gasteiger partial charge in [0.25, 0.3) is 5.91 Å². The van der Waals surface area contributed by atoms with Crippen molar-refractivity contribution in [3.05, 3.63) is 71.0 Å². The van der Waals surface area contributed by atoms with E-state index in [9.17, 15) is 36.0 Å². The molecule has 4 atom stereocenters. The third kappa shape index (κ3) is 9.74. The van der Waals surface area contributed by atoms with E-state index in [2.05, 4.69) is 21.4 Å². The maximum absolute atomic E-state index is 15.3. The molecule has 2 saturated carbocycles. The summed E-state index contributed by atoms with van der Waals surface area (Å²) in [6.45, 7) is 14.4. The number of aryl methyl sites for hydroxylation is 1. The molecule has 1 unspecified atom stereocenters. The summed E-state index contributed by atoms with van der Waals surface area (Å²) >= 11 is 1.42. The van der Waals surface area contributed by atoms with E-state index in [1.807, 2.05) is 26.2 Å². The van der Waals surface area contributed by atoms with Gasteiger partial charge in [0.1, 0.15) is 51.5 Å². The van der Waals surface area contributed by atoms with Crippen molar-refractivity contribution in [1.82, 2.24) is 24.9 Å². The third-order valence-electron chi connectivity index (χ3n) is 12.5. The molecule has 3 amide bonds. The van der Waals surface area contributed by atoms with Gasteiger partial charge in [-0.3, -0.25) is 19.1 Å². The molecule has 65 heavy (non-hydrogen) atoms. The van der Waals surface area contributed by atoms with Gasteiger partial charge in [-0.15, -0.1) is 31.1 Å². The highest BCUT2D eigenvalue weighted by Gasteiger charge is 2.63. The SMILES string of the molecule is C=C[C@@H]1C[C@]1(NC(=O)[C@@H]1CC(Oc2cc(-c3nc(C(C)C)cs3)nc3c(C)c(OC)ccc23)CN1C(=O)CC(C)(C)Cc1c(N)cc(OC(F)(F)F)cc1F)C(=O)NS(=O)(=O)C1(C)CC1. The summed E-state index contributed by atoms with van der Waals surface area (Å²) < 4.78 is 97.5. The molecule has 3 aliphatic rings. The molecule has 4 aromatic rings. The summed E-state index contributed by atoms with van der Waals surface area (Å²) in [5, 5.41) is 6.01. The Morgan fingerprint density at radius 1 is 1.12 bits per heavy atom. The number of benzene rings is 2. The van der Waals surface area contributed by atoms with Crippen LogP contribution in [-0.4, -0.2) is 83.5 Å². The molecule has 2 aromatic carbocycles. The fourth-order valence-corrected chi connectivity index (χ4v) is 10.5.